The molecule has 0 saturated heterocycles. The van der Waals surface area contributed by atoms with Crippen LogP contribution in [0.5, 0.6) is 0 Å². The minimum absolute atomic E-state index is 0.167. The third kappa shape index (κ3) is 3.33. The highest BCUT2D eigenvalue weighted by molar-refractivity contribution is 9.10. The molecule has 0 spiro atoms. The summed E-state index contributed by atoms with van der Waals surface area (Å²) in [5.41, 5.74) is 7.14. The number of nitrogens with zero attached hydrogens (tertiary/aromatic N) is 2. The fourth-order valence-electron chi connectivity index (χ4n) is 1.66. The Morgan fingerprint density at radius 2 is 2.11 bits per heavy atom. The summed E-state index contributed by atoms with van der Waals surface area (Å²) >= 11 is 3.38. The quantitative estimate of drug-likeness (QED) is 0.882. The molecule has 2 rings (SSSR count). The van der Waals surface area contributed by atoms with Crippen LogP contribution in [0.1, 0.15) is 5.69 Å². The number of aromatic amines is 1. The number of rotatable bonds is 5. The lowest BCUT2D eigenvalue weighted by atomic mass is 10.2. The van der Waals surface area contributed by atoms with Gasteiger partial charge in [0.25, 0.3) is 0 Å². The topological polar surface area (TPSA) is 75.0 Å². The Morgan fingerprint density at radius 3 is 2.67 bits per heavy atom. The number of hydrogen-bond acceptors (Lipinski definition) is 3. The minimum Gasteiger partial charge on any atom is -0.368 e. The molecule has 2 aromatic rings. The van der Waals surface area contributed by atoms with Crippen LogP contribution in [0.4, 0.5) is 5.69 Å². The van der Waals surface area contributed by atoms with Crippen LogP contribution in [-0.4, -0.2) is 22.4 Å². The second-order valence-corrected chi connectivity index (χ2v) is 4.79. The van der Waals surface area contributed by atoms with Gasteiger partial charge in [-0.25, -0.2) is 4.98 Å². The molecule has 1 amide bonds. The van der Waals surface area contributed by atoms with Gasteiger partial charge in [0.15, 0.2) is 0 Å². The Labute approximate surface area is 113 Å². The van der Waals surface area contributed by atoms with E-state index in [1.54, 1.807) is 12.5 Å². The van der Waals surface area contributed by atoms with Crippen molar-refractivity contribution in [2.24, 2.45) is 5.73 Å². The number of carbonyl (C=O) groups is 1. The van der Waals surface area contributed by atoms with Crippen LogP contribution in [0.2, 0.25) is 0 Å². The van der Waals surface area contributed by atoms with Crippen LogP contribution < -0.4 is 10.6 Å². The molecule has 1 heterocycles. The molecular weight excluding hydrogens is 296 g/mol. The number of nitrogens with one attached hydrogen (secondary N) is 1. The van der Waals surface area contributed by atoms with Crippen LogP contribution in [0.25, 0.3) is 0 Å². The third-order valence-electron chi connectivity index (χ3n) is 2.45. The number of halogens is 1. The van der Waals surface area contributed by atoms with Crippen molar-refractivity contribution in [2.45, 2.75) is 6.54 Å². The van der Waals surface area contributed by atoms with Gasteiger partial charge >= 0.3 is 0 Å². The van der Waals surface area contributed by atoms with Crippen LogP contribution in [-0.2, 0) is 11.3 Å². The van der Waals surface area contributed by atoms with E-state index in [0.29, 0.717) is 6.54 Å². The minimum atomic E-state index is -0.363. The highest BCUT2D eigenvalue weighted by atomic mass is 79.9. The number of nitrogens with two attached hydrogens (primary N) is 1. The number of primary amides is 1. The summed E-state index contributed by atoms with van der Waals surface area (Å²) in [6, 6.07) is 7.72. The summed E-state index contributed by atoms with van der Waals surface area (Å²) in [7, 11) is 0. The SMILES string of the molecule is NC(=O)CN(Cc1cnc[nH]1)c1ccc(Br)cc1. The zero-order chi connectivity index (χ0) is 13.0. The van der Waals surface area contributed by atoms with Gasteiger partial charge in [0.05, 0.1) is 25.1 Å². The Bertz CT molecular complexity index is 509. The molecule has 0 radical (unpaired) electrons. The van der Waals surface area contributed by atoms with E-state index < -0.39 is 0 Å². The first-order valence-corrected chi connectivity index (χ1v) is 6.20. The van der Waals surface area contributed by atoms with Gasteiger partial charge in [-0.2, -0.15) is 0 Å². The lowest BCUT2D eigenvalue weighted by Crippen LogP contribution is -2.33. The Kier molecular flexibility index (Phi) is 3.99. The number of aromatic nitrogens is 2. The van der Waals surface area contributed by atoms with Gasteiger partial charge in [0, 0.05) is 16.4 Å². The van der Waals surface area contributed by atoms with Gasteiger partial charge in [-0.1, -0.05) is 15.9 Å². The molecule has 0 atom stereocenters. The van der Waals surface area contributed by atoms with Crippen LogP contribution in [0.3, 0.4) is 0 Å². The molecule has 0 aliphatic carbocycles. The van der Waals surface area contributed by atoms with Crippen molar-refractivity contribution >= 4 is 27.5 Å². The molecule has 94 valence electrons. The van der Waals surface area contributed by atoms with Crippen molar-refractivity contribution in [3.63, 3.8) is 0 Å². The molecule has 0 fully saturated rings. The molecule has 1 aromatic carbocycles. The number of carbonyl (C=O) groups excluding carboxylic acids is 1. The number of H-pyrrole nitrogens is 1. The molecule has 3 N–H and O–H groups in total. The van der Waals surface area contributed by atoms with E-state index in [2.05, 4.69) is 25.9 Å². The fraction of sp³-hybridized carbons (Fsp3) is 0.167. The zero-order valence-corrected chi connectivity index (χ0v) is 11.2. The van der Waals surface area contributed by atoms with E-state index in [4.69, 9.17) is 5.73 Å². The molecule has 0 unspecified atom stereocenters. The summed E-state index contributed by atoms with van der Waals surface area (Å²) in [4.78, 5) is 20.0. The maximum absolute atomic E-state index is 11.1. The van der Waals surface area contributed by atoms with Crippen molar-refractivity contribution < 1.29 is 4.79 Å². The third-order valence-corrected chi connectivity index (χ3v) is 2.98. The maximum Gasteiger partial charge on any atom is 0.236 e. The lowest BCUT2D eigenvalue weighted by molar-refractivity contribution is -0.116. The number of hydrogen-bond donors (Lipinski definition) is 2. The number of anilines is 1. The molecule has 18 heavy (non-hydrogen) atoms. The van der Waals surface area contributed by atoms with Gasteiger partial charge in [-0.3, -0.25) is 4.79 Å². The van der Waals surface area contributed by atoms with Crippen molar-refractivity contribution in [1.29, 1.82) is 0 Å². The molecule has 5 nitrogen and oxygen atoms in total. The van der Waals surface area contributed by atoms with Crippen LogP contribution in [0.15, 0.2) is 41.3 Å². The van der Waals surface area contributed by atoms with Gasteiger partial charge < -0.3 is 15.6 Å². The fourth-order valence-corrected chi connectivity index (χ4v) is 1.92. The second-order valence-electron chi connectivity index (χ2n) is 3.88. The molecule has 0 aliphatic heterocycles. The zero-order valence-electron chi connectivity index (χ0n) is 9.64. The van der Waals surface area contributed by atoms with Crippen LogP contribution in [0, 0.1) is 0 Å². The van der Waals surface area contributed by atoms with Gasteiger partial charge in [0.2, 0.25) is 5.91 Å². The van der Waals surface area contributed by atoms with Crippen molar-refractivity contribution in [1.82, 2.24) is 9.97 Å². The first-order chi connectivity index (χ1) is 8.65. The standard InChI is InChI=1S/C12H13BrN4O/c13-9-1-3-11(4-2-9)17(7-12(14)18)6-10-5-15-8-16-10/h1-5,8H,6-7H2,(H2,14,18)(H,15,16). The molecule has 0 aliphatic rings. The first kappa shape index (κ1) is 12.6. The summed E-state index contributed by atoms with van der Waals surface area (Å²) in [6.07, 6.45) is 3.34. The Morgan fingerprint density at radius 1 is 1.39 bits per heavy atom. The highest BCUT2D eigenvalue weighted by Gasteiger charge is 2.10. The van der Waals surface area contributed by atoms with Crippen molar-refractivity contribution in [2.75, 3.05) is 11.4 Å². The van der Waals surface area contributed by atoms with E-state index in [9.17, 15) is 4.79 Å². The number of benzene rings is 1. The summed E-state index contributed by atoms with van der Waals surface area (Å²) < 4.78 is 0.992. The van der Waals surface area contributed by atoms with Gasteiger partial charge in [-0.05, 0) is 24.3 Å². The lowest BCUT2D eigenvalue weighted by Gasteiger charge is -2.22. The molecule has 6 heteroatoms. The van der Waals surface area contributed by atoms with Gasteiger partial charge in [-0.15, -0.1) is 0 Å². The Balaban J connectivity index is 2.19. The maximum atomic E-state index is 11.1. The van der Waals surface area contributed by atoms with Gasteiger partial charge in [0.1, 0.15) is 0 Å². The number of amides is 1. The monoisotopic (exact) mass is 308 g/mol. The molecular formula is C12H13BrN4O. The average molecular weight is 309 g/mol. The first-order valence-electron chi connectivity index (χ1n) is 5.41. The van der Waals surface area contributed by atoms with E-state index in [-0.39, 0.29) is 12.5 Å². The van der Waals surface area contributed by atoms with E-state index in [1.165, 1.54) is 0 Å². The molecule has 0 saturated carbocycles. The predicted molar refractivity (Wildman–Crippen MR) is 73.0 cm³/mol. The van der Waals surface area contributed by atoms with E-state index >= 15 is 0 Å². The largest absolute Gasteiger partial charge is 0.368 e. The summed E-state index contributed by atoms with van der Waals surface area (Å²) in [5.74, 6) is -0.363. The van der Waals surface area contributed by atoms with Crippen molar-refractivity contribution in [3.8, 4) is 0 Å². The molecule has 0 bridgehead atoms. The smallest absolute Gasteiger partial charge is 0.236 e. The van der Waals surface area contributed by atoms with Crippen molar-refractivity contribution in [3.05, 3.63) is 47.0 Å². The Hall–Kier alpha value is -1.82. The second kappa shape index (κ2) is 5.68. The summed E-state index contributed by atoms with van der Waals surface area (Å²) in [6.45, 7) is 0.727. The average Bonchev–Trinajstić information content (AvgIpc) is 2.81. The predicted octanol–water partition coefficient (Wildman–Crippen LogP) is 1.66. The summed E-state index contributed by atoms with van der Waals surface area (Å²) in [5, 5.41) is 0. The van der Waals surface area contributed by atoms with E-state index in [0.717, 1.165) is 15.9 Å². The highest BCUT2D eigenvalue weighted by Crippen LogP contribution is 2.19. The molecule has 1 aromatic heterocycles. The number of imidazole rings is 1. The van der Waals surface area contributed by atoms with E-state index in [1.807, 2.05) is 29.2 Å². The normalized spacial score (nSPS) is 10.3. The van der Waals surface area contributed by atoms with Crippen LogP contribution >= 0.6 is 15.9 Å².